The third-order valence-electron chi connectivity index (χ3n) is 5.27. The molecular formula is C22H17NO2. The van der Waals surface area contributed by atoms with E-state index in [-0.39, 0.29) is 17.8 Å². The van der Waals surface area contributed by atoms with Gasteiger partial charge in [0, 0.05) is 11.3 Å². The van der Waals surface area contributed by atoms with Gasteiger partial charge in [0.2, 0.25) is 0 Å². The Hall–Kier alpha value is -2.94. The van der Waals surface area contributed by atoms with Crippen LogP contribution in [0, 0.1) is 12.8 Å². The number of hydrogen-bond donors (Lipinski definition) is 0. The summed E-state index contributed by atoms with van der Waals surface area (Å²) in [5.74, 6) is -0.512. The molecule has 3 aromatic carbocycles. The Morgan fingerprint density at radius 3 is 2.60 bits per heavy atom. The number of nitrogens with zero attached hydrogens (tertiary/aromatic N) is 1. The van der Waals surface area contributed by atoms with Crippen LogP contribution < -0.4 is 0 Å². The summed E-state index contributed by atoms with van der Waals surface area (Å²) in [5.41, 5.74) is 5.28. The highest BCUT2D eigenvalue weighted by atomic mass is 16.5. The first-order chi connectivity index (χ1) is 12.2. The van der Waals surface area contributed by atoms with E-state index in [4.69, 9.17) is 9.73 Å². The minimum Gasteiger partial charge on any atom is -0.459 e. The van der Waals surface area contributed by atoms with E-state index in [1.807, 2.05) is 12.1 Å². The average Bonchev–Trinajstić information content (AvgIpc) is 3.01. The van der Waals surface area contributed by atoms with Gasteiger partial charge in [0.25, 0.3) is 0 Å². The lowest BCUT2D eigenvalue weighted by atomic mass is 9.76. The Morgan fingerprint density at radius 2 is 1.76 bits per heavy atom. The van der Waals surface area contributed by atoms with Crippen molar-refractivity contribution in [1.29, 1.82) is 0 Å². The Balaban J connectivity index is 1.80. The maximum atomic E-state index is 12.4. The first kappa shape index (κ1) is 14.4. The Kier molecular flexibility index (Phi) is 3.04. The molecule has 1 fully saturated rings. The second-order valence-electron chi connectivity index (χ2n) is 6.80. The fourth-order valence-electron chi connectivity index (χ4n) is 4.01. The SMILES string of the molecule is Cc1ccc(C2c3ccc4ccccc4c3N=C3COC(=O)C32)cc1. The summed E-state index contributed by atoms with van der Waals surface area (Å²) < 4.78 is 5.35. The van der Waals surface area contributed by atoms with Gasteiger partial charge in [-0.05, 0) is 23.4 Å². The predicted molar refractivity (Wildman–Crippen MR) is 98.5 cm³/mol. The van der Waals surface area contributed by atoms with Gasteiger partial charge in [-0.3, -0.25) is 9.79 Å². The van der Waals surface area contributed by atoms with E-state index in [2.05, 4.69) is 55.5 Å². The molecule has 5 rings (SSSR count). The summed E-state index contributed by atoms with van der Waals surface area (Å²) in [6.45, 7) is 2.37. The first-order valence-corrected chi connectivity index (χ1v) is 8.55. The molecule has 0 aromatic heterocycles. The molecule has 3 heteroatoms. The lowest BCUT2D eigenvalue weighted by molar-refractivity contribution is -0.141. The van der Waals surface area contributed by atoms with Gasteiger partial charge < -0.3 is 4.74 Å². The van der Waals surface area contributed by atoms with E-state index < -0.39 is 0 Å². The lowest BCUT2D eigenvalue weighted by Gasteiger charge is -2.28. The summed E-state index contributed by atoms with van der Waals surface area (Å²) >= 11 is 0. The molecule has 2 aliphatic rings. The van der Waals surface area contributed by atoms with Crippen molar-refractivity contribution in [1.82, 2.24) is 0 Å². The van der Waals surface area contributed by atoms with E-state index in [0.29, 0.717) is 6.61 Å². The van der Waals surface area contributed by atoms with Crippen LogP contribution in [-0.4, -0.2) is 18.3 Å². The Labute approximate surface area is 146 Å². The number of benzene rings is 3. The van der Waals surface area contributed by atoms with Crippen LogP contribution in [0.4, 0.5) is 5.69 Å². The fourth-order valence-corrected chi connectivity index (χ4v) is 4.01. The normalized spacial score (nSPS) is 21.5. The number of cyclic esters (lactones) is 1. The number of rotatable bonds is 1. The Morgan fingerprint density at radius 1 is 0.960 bits per heavy atom. The summed E-state index contributed by atoms with van der Waals surface area (Å²) in [6, 6.07) is 20.9. The zero-order chi connectivity index (χ0) is 17.0. The predicted octanol–water partition coefficient (Wildman–Crippen LogP) is 4.54. The van der Waals surface area contributed by atoms with E-state index in [1.165, 1.54) is 5.56 Å². The van der Waals surface area contributed by atoms with Gasteiger partial charge in [-0.15, -0.1) is 0 Å². The molecule has 2 aliphatic heterocycles. The number of aryl methyl sites for hydroxylation is 1. The van der Waals surface area contributed by atoms with Crippen molar-refractivity contribution in [3.63, 3.8) is 0 Å². The molecule has 122 valence electrons. The molecule has 0 bridgehead atoms. The third-order valence-corrected chi connectivity index (χ3v) is 5.27. The van der Waals surface area contributed by atoms with Gasteiger partial charge in [0.05, 0.1) is 11.4 Å². The largest absolute Gasteiger partial charge is 0.459 e. The molecule has 3 aromatic rings. The lowest BCUT2D eigenvalue weighted by Crippen LogP contribution is -2.27. The van der Waals surface area contributed by atoms with Crippen LogP contribution in [0.15, 0.2) is 65.7 Å². The van der Waals surface area contributed by atoms with Crippen molar-refractivity contribution in [2.45, 2.75) is 12.8 Å². The minimum absolute atomic E-state index is 0.0392. The van der Waals surface area contributed by atoms with E-state index in [9.17, 15) is 4.79 Å². The Bertz CT molecular complexity index is 1030. The molecule has 0 spiro atoms. The van der Waals surface area contributed by atoms with Gasteiger partial charge >= 0.3 is 5.97 Å². The van der Waals surface area contributed by atoms with Crippen molar-refractivity contribution < 1.29 is 9.53 Å². The summed E-state index contributed by atoms with van der Waals surface area (Å²) in [5, 5.41) is 2.29. The number of carbonyl (C=O) groups excluding carboxylic acids is 1. The van der Waals surface area contributed by atoms with Gasteiger partial charge in [-0.1, -0.05) is 66.2 Å². The van der Waals surface area contributed by atoms with Gasteiger partial charge in [-0.25, -0.2) is 0 Å². The van der Waals surface area contributed by atoms with Crippen LogP contribution in [0.25, 0.3) is 10.8 Å². The zero-order valence-electron chi connectivity index (χ0n) is 13.9. The summed E-state index contributed by atoms with van der Waals surface area (Å²) in [7, 11) is 0. The van der Waals surface area contributed by atoms with Crippen LogP contribution in [0.3, 0.4) is 0 Å². The van der Waals surface area contributed by atoms with E-state index >= 15 is 0 Å². The van der Waals surface area contributed by atoms with Crippen LogP contribution >= 0.6 is 0 Å². The number of aliphatic imine (C=N–C) groups is 1. The van der Waals surface area contributed by atoms with Crippen molar-refractivity contribution in [2.24, 2.45) is 10.9 Å². The first-order valence-electron chi connectivity index (χ1n) is 8.55. The number of ether oxygens (including phenoxy) is 1. The van der Waals surface area contributed by atoms with Crippen LogP contribution in [0.5, 0.6) is 0 Å². The molecule has 0 N–H and O–H groups in total. The van der Waals surface area contributed by atoms with Gasteiger partial charge in [-0.2, -0.15) is 0 Å². The fraction of sp³-hybridized carbons (Fsp3) is 0.182. The molecule has 2 heterocycles. The van der Waals surface area contributed by atoms with Crippen LogP contribution in [-0.2, 0) is 9.53 Å². The minimum atomic E-state index is -0.309. The van der Waals surface area contributed by atoms with Gasteiger partial charge in [0.15, 0.2) is 0 Å². The summed E-state index contributed by atoms with van der Waals surface area (Å²) in [6.07, 6.45) is 0. The quantitative estimate of drug-likeness (QED) is 0.616. The maximum Gasteiger partial charge on any atom is 0.316 e. The summed E-state index contributed by atoms with van der Waals surface area (Å²) in [4.78, 5) is 17.3. The number of hydrogen-bond acceptors (Lipinski definition) is 3. The van der Waals surface area contributed by atoms with Crippen LogP contribution in [0.1, 0.15) is 22.6 Å². The highest BCUT2D eigenvalue weighted by molar-refractivity contribution is 6.13. The van der Waals surface area contributed by atoms with Crippen molar-refractivity contribution in [3.05, 3.63) is 77.4 Å². The van der Waals surface area contributed by atoms with Crippen molar-refractivity contribution >= 4 is 28.1 Å². The molecule has 3 nitrogen and oxygen atoms in total. The van der Waals surface area contributed by atoms with E-state index in [0.717, 1.165) is 33.3 Å². The number of esters is 1. The monoisotopic (exact) mass is 327 g/mol. The van der Waals surface area contributed by atoms with E-state index in [1.54, 1.807) is 0 Å². The zero-order valence-corrected chi connectivity index (χ0v) is 13.9. The second kappa shape index (κ2) is 5.28. The molecule has 0 amide bonds. The average molecular weight is 327 g/mol. The smallest absolute Gasteiger partial charge is 0.316 e. The van der Waals surface area contributed by atoms with Crippen molar-refractivity contribution in [2.75, 3.05) is 6.61 Å². The standard InChI is InChI=1S/C22H17NO2/c1-13-6-8-15(9-7-13)19-17-11-10-14-4-2-3-5-16(14)21(17)23-18-12-25-22(24)20(18)19/h2-11,19-20H,12H2,1H3. The van der Waals surface area contributed by atoms with Crippen molar-refractivity contribution in [3.8, 4) is 0 Å². The second-order valence-corrected chi connectivity index (χ2v) is 6.80. The topological polar surface area (TPSA) is 38.7 Å². The molecule has 2 unspecified atom stereocenters. The number of fused-ring (bicyclic) bond motifs is 4. The third kappa shape index (κ3) is 2.12. The highest BCUT2D eigenvalue weighted by Crippen LogP contribution is 2.47. The maximum absolute atomic E-state index is 12.4. The molecule has 25 heavy (non-hydrogen) atoms. The molecule has 0 saturated carbocycles. The molecule has 2 atom stereocenters. The highest BCUT2D eigenvalue weighted by Gasteiger charge is 2.44. The number of carbonyl (C=O) groups is 1. The molecule has 0 aliphatic carbocycles. The van der Waals surface area contributed by atoms with Gasteiger partial charge in [0.1, 0.15) is 12.5 Å². The van der Waals surface area contributed by atoms with Crippen LogP contribution in [0.2, 0.25) is 0 Å². The molecule has 0 radical (unpaired) electrons. The molecular weight excluding hydrogens is 310 g/mol. The molecule has 1 saturated heterocycles.